The third kappa shape index (κ3) is 2.50. The van der Waals surface area contributed by atoms with Crippen molar-refractivity contribution in [3.63, 3.8) is 0 Å². The molecule has 12 heavy (non-hydrogen) atoms. The highest BCUT2D eigenvalue weighted by Gasteiger charge is 2.07. The Balaban J connectivity index is 2.82. The fourth-order valence-corrected chi connectivity index (χ4v) is 0.858. The summed E-state index contributed by atoms with van der Waals surface area (Å²) in [4.78, 5) is 3.14. The lowest BCUT2D eigenvalue weighted by Crippen LogP contribution is -2.04. The molecule has 1 rings (SSSR count). The minimum atomic E-state index is -2.98. The number of alkyl halides is 2. The SMILES string of the molecule is Fc1nc(OC(F)F)ccc1I. The quantitative estimate of drug-likeness (QED) is 0.616. The van der Waals surface area contributed by atoms with Gasteiger partial charge in [0.15, 0.2) is 0 Å². The zero-order chi connectivity index (χ0) is 9.14. The summed E-state index contributed by atoms with van der Waals surface area (Å²) in [5.74, 6) is -1.23. The number of nitrogens with zero attached hydrogens (tertiary/aromatic N) is 1. The van der Waals surface area contributed by atoms with Crippen molar-refractivity contribution < 1.29 is 17.9 Å². The summed E-state index contributed by atoms with van der Waals surface area (Å²) in [6, 6.07) is 2.48. The van der Waals surface area contributed by atoms with Gasteiger partial charge in [0, 0.05) is 6.07 Å². The molecule has 0 saturated carbocycles. The summed E-state index contributed by atoms with van der Waals surface area (Å²) >= 11 is 1.69. The molecular weight excluding hydrogens is 286 g/mol. The second-order valence-corrected chi connectivity index (χ2v) is 2.96. The smallest absolute Gasteiger partial charge is 0.388 e. The van der Waals surface area contributed by atoms with E-state index in [9.17, 15) is 13.2 Å². The fourth-order valence-electron chi connectivity index (χ4n) is 0.558. The highest BCUT2D eigenvalue weighted by Crippen LogP contribution is 2.15. The standard InChI is InChI=1S/C6H3F3INO/c7-5-3(10)1-2-4(11-5)12-6(8)9/h1-2,6H. The first-order valence-electron chi connectivity index (χ1n) is 2.86. The van der Waals surface area contributed by atoms with Crippen LogP contribution in [0.15, 0.2) is 12.1 Å². The first-order chi connectivity index (χ1) is 5.59. The van der Waals surface area contributed by atoms with Crippen molar-refractivity contribution in [3.05, 3.63) is 21.7 Å². The van der Waals surface area contributed by atoms with E-state index in [4.69, 9.17) is 0 Å². The third-order valence-electron chi connectivity index (χ3n) is 0.987. The maximum absolute atomic E-state index is 12.6. The summed E-state index contributed by atoms with van der Waals surface area (Å²) in [5, 5.41) is 0. The summed E-state index contributed by atoms with van der Waals surface area (Å²) in [5.41, 5.74) is 0. The van der Waals surface area contributed by atoms with Crippen molar-refractivity contribution in [3.8, 4) is 5.88 Å². The molecule has 0 amide bonds. The Bertz CT molecular complexity index is 281. The Morgan fingerprint density at radius 3 is 2.58 bits per heavy atom. The molecule has 0 atom stereocenters. The lowest BCUT2D eigenvalue weighted by Gasteiger charge is -2.02. The Hall–Kier alpha value is -0.530. The van der Waals surface area contributed by atoms with Crippen LogP contribution in [-0.2, 0) is 0 Å². The van der Waals surface area contributed by atoms with Crippen LogP contribution < -0.4 is 4.74 Å². The average molecular weight is 289 g/mol. The van der Waals surface area contributed by atoms with Crippen LogP contribution in [0, 0.1) is 9.52 Å². The third-order valence-corrected chi connectivity index (χ3v) is 1.79. The number of pyridine rings is 1. The first kappa shape index (κ1) is 9.56. The molecule has 1 aromatic rings. The minimum absolute atomic E-state index is 0.259. The summed E-state index contributed by atoms with van der Waals surface area (Å²) in [6.07, 6.45) is 0. The van der Waals surface area contributed by atoms with Gasteiger partial charge in [0.2, 0.25) is 11.8 Å². The van der Waals surface area contributed by atoms with Crippen LogP contribution in [0.1, 0.15) is 0 Å². The van der Waals surface area contributed by atoms with Crippen LogP contribution in [0.5, 0.6) is 5.88 Å². The summed E-state index contributed by atoms with van der Waals surface area (Å²) < 4.78 is 39.8. The molecule has 0 aliphatic carbocycles. The average Bonchev–Trinajstić information content (AvgIpc) is 1.96. The molecule has 6 heteroatoms. The van der Waals surface area contributed by atoms with E-state index in [-0.39, 0.29) is 3.57 Å². The zero-order valence-electron chi connectivity index (χ0n) is 5.60. The molecule has 0 aliphatic rings. The van der Waals surface area contributed by atoms with Gasteiger partial charge in [0.25, 0.3) is 0 Å². The normalized spacial score (nSPS) is 10.4. The van der Waals surface area contributed by atoms with E-state index in [2.05, 4.69) is 9.72 Å². The molecule has 0 N–H and O–H groups in total. The van der Waals surface area contributed by atoms with E-state index in [1.54, 1.807) is 22.6 Å². The van der Waals surface area contributed by atoms with Gasteiger partial charge in [-0.05, 0) is 28.7 Å². The van der Waals surface area contributed by atoms with Crippen LogP contribution in [0.2, 0.25) is 0 Å². The molecule has 0 bridgehead atoms. The molecular formula is C6H3F3INO. The lowest BCUT2D eigenvalue weighted by molar-refractivity contribution is -0.0532. The predicted molar refractivity (Wildman–Crippen MR) is 43.5 cm³/mol. The van der Waals surface area contributed by atoms with Crippen molar-refractivity contribution in [1.29, 1.82) is 0 Å². The number of ether oxygens (including phenoxy) is 1. The number of rotatable bonds is 2. The fraction of sp³-hybridized carbons (Fsp3) is 0.167. The molecule has 0 unspecified atom stereocenters. The molecule has 0 radical (unpaired) electrons. The van der Waals surface area contributed by atoms with E-state index in [0.717, 1.165) is 0 Å². The van der Waals surface area contributed by atoms with Crippen LogP contribution in [0.4, 0.5) is 13.2 Å². The van der Waals surface area contributed by atoms with Crippen molar-refractivity contribution in [2.75, 3.05) is 0 Å². The zero-order valence-corrected chi connectivity index (χ0v) is 7.76. The predicted octanol–water partition coefficient (Wildman–Crippen LogP) is 2.43. The molecule has 0 fully saturated rings. The van der Waals surface area contributed by atoms with Crippen molar-refractivity contribution in [2.45, 2.75) is 6.61 Å². The van der Waals surface area contributed by atoms with E-state index >= 15 is 0 Å². The van der Waals surface area contributed by atoms with Gasteiger partial charge in [-0.15, -0.1) is 0 Å². The van der Waals surface area contributed by atoms with E-state index in [0.29, 0.717) is 0 Å². The highest BCUT2D eigenvalue weighted by molar-refractivity contribution is 14.1. The Labute approximate surface area is 79.9 Å². The molecule has 0 aliphatic heterocycles. The van der Waals surface area contributed by atoms with Gasteiger partial charge in [-0.25, -0.2) is 0 Å². The van der Waals surface area contributed by atoms with Gasteiger partial charge < -0.3 is 4.74 Å². The molecule has 0 aromatic carbocycles. The molecule has 1 heterocycles. The van der Waals surface area contributed by atoms with Gasteiger partial charge in [0.1, 0.15) is 0 Å². The van der Waals surface area contributed by atoms with Crippen molar-refractivity contribution >= 4 is 22.6 Å². The van der Waals surface area contributed by atoms with Gasteiger partial charge in [-0.2, -0.15) is 18.2 Å². The summed E-state index contributed by atoms with van der Waals surface area (Å²) in [7, 11) is 0. The number of halogens is 4. The maximum atomic E-state index is 12.6. The topological polar surface area (TPSA) is 22.1 Å². The maximum Gasteiger partial charge on any atom is 0.388 e. The molecule has 66 valence electrons. The monoisotopic (exact) mass is 289 g/mol. The van der Waals surface area contributed by atoms with Crippen LogP contribution in [0.25, 0.3) is 0 Å². The van der Waals surface area contributed by atoms with Crippen LogP contribution in [0.3, 0.4) is 0 Å². The first-order valence-corrected chi connectivity index (χ1v) is 3.94. The van der Waals surface area contributed by atoms with Gasteiger partial charge in [0.05, 0.1) is 3.57 Å². The molecule has 0 saturated heterocycles. The second-order valence-electron chi connectivity index (χ2n) is 1.80. The van der Waals surface area contributed by atoms with Gasteiger partial charge in [-0.3, -0.25) is 0 Å². The Kier molecular flexibility index (Phi) is 3.12. The second kappa shape index (κ2) is 3.92. The van der Waals surface area contributed by atoms with E-state index in [1.807, 2.05) is 0 Å². The number of aromatic nitrogens is 1. The lowest BCUT2D eigenvalue weighted by atomic mass is 10.5. The van der Waals surface area contributed by atoms with Crippen LogP contribution >= 0.6 is 22.6 Å². The largest absolute Gasteiger partial charge is 0.417 e. The number of hydrogen-bond acceptors (Lipinski definition) is 2. The Morgan fingerprint density at radius 2 is 2.08 bits per heavy atom. The number of hydrogen-bond donors (Lipinski definition) is 0. The van der Waals surface area contributed by atoms with E-state index < -0.39 is 18.4 Å². The Morgan fingerprint density at radius 1 is 1.42 bits per heavy atom. The van der Waals surface area contributed by atoms with Crippen LogP contribution in [-0.4, -0.2) is 11.6 Å². The molecule has 0 spiro atoms. The van der Waals surface area contributed by atoms with Crippen molar-refractivity contribution in [2.24, 2.45) is 0 Å². The highest BCUT2D eigenvalue weighted by atomic mass is 127. The summed E-state index contributed by atoms with van der Waals surface area (Å²) in [6.45, 7) is -2.98. The minimum Gasteiger partial charge on any atom is -0.417 e. The molecule has 2 nitrogen and oxygen atoms in total. The van der Waals surface area contributed by atoms with Crippen molar-refractivity contribution in [1.82, 2.24) is 4.98 Å². The molecule has 1 aromatic heterocycles. The van der Waals surface area contributed by atoms with Gasteiger partial charge in [-0.1, -0.05) is 0 Å². The van der Waals surface area contributed by atoms with E-state index in [1.165, 1.54) is 12.1 Å². The van der Waals surface area contributed by atoms with Gasteiger partial charge >= 0.3 is 6.61 Å².